The maximum absolute atomic E-state index is 13.2. The molecule has 2 aromatic carbocycles. The molecule has 4 rings (SSSR count). The van der Waals surface area contributed by atoms with Gasteiger partial charge in [0.2, 0.25) is 0 Å². The van der Waals surface area contributed by atoms with Crippen LogP contribution in [0.1, 0.15) is 43.6 Å². The molecule has 0 amide bonds. The molecule has 2 aromatic heterocycles. The van der Waals surface area contributed by atoms with E-state index in [0.717, 1.165) is 17.3 Å². The van der Waals surface area contributed by atoms with Crippen molar-refractivity contribution < 1.29 is 4.79 Å². The molecule has 0 bridgehead atoms. The van der Waals surface area contributed by atoms with Crippen molar-refractivity contribution in [2.45, 2.75) is 43.6 Å². The Labute approximate surface area is 173 Å². The number of fused-ring (bicyclic) bond motifs is 2. The predicted molar refractivity (Wildman–Crippen MR) is 119 cm³/mol. The standard InChI is InChI=1S/C23H23N3O2S/c1-4-14(2)26-22(28)17-10-6-8-12-20(17)25-23(26)29-15(3)21(27)18-13-24-19-11-7-5-9-16(18)19/h5-15,24H,4H2,1-3H3/t14-,15+/m0/s1. The number of nitrogens with zero attached hydrogens (tertiary/aromatic N) is 2. The van der Waals surface area contributed by atoms with Gasteiger partial charge in [0.15, 0.2) is 10.9 Å². The van der Waals surface area contributed by atoms with Crippen LogP contribution in [0.15, 0.2) is 64.7 Å². The average molecular weight is 406 g/mol. The van der Waals surface area contributed by atoms with Crippen LogP contribution in [0.25, 0.3) is 21.8 Å². The highest BCUT2D eigenvalue weighted by molar-refractivity contribution is 8.00. The lowest BCUT2D eigenvalue weighted by Gasteiger charge is -2.20. The van der Waals surface area contributed by atoms with E-state index in [2.05, 4.69) is 4.98 Å². The molecule has 0 aliphatic rings. The molecule has 29 heavy (non-hydrogen) atoms. The minimum atomic E-state index is -0.377. The largest absolute Gasteiger partial charge is 0.360 e. The third-order valence-electron chi connectivity index (χ3n) is 5.31. The van der Waals surface area contributed by atoms with Gasteiger partial charge in [0.25, 0.3) is 5.56 Å². The number of ketones is 1. The summed E-state index contributed by atoms with van der Waals surface area (Å²) in [6.45, 7) is 5.92. The second kappa shape index (κ2) is 7.87. The summed E-state index contributed by atoms with van der Waals surface area (Å²) in [5.41, 5.74) is 2.21. The van der Waals surface area contributed by atoms with Crippen molar-refractivity contribution in [3.8, 4) is 0 Å². The SMILES string of the molecule is CC[C@H](C)n1c(S[C@H](C)C(=O)c2c[nH]c3ccccc23)nc2ccccc2c1=O. The number of H-pyrrole nitrogens is 1. The van der Waals surface area contributed by atoms with Crippen LogP contribution in [0.3, 0.4) is 0 Å². The lowest BCUT2D eigenvalue weighted by atomic mass is 10.1. The highest BCUT2D eigenvalue weighted by Gasteiger charge is 2.23. The summed E-state index contributed by atoms with van der Waals surface area (Å²) in [6.07, 6.45) is 2.57. The number of para-hydroxylation sites is 2. The molecule has 0 radical (unpaired) electrons. The van der Waals surface area contributed by atoms with Crippen LogP contribution in [-0.4, -0.2) is 25.6 Å². The molecular weight excluding hydrogens is 382 g/mol. The first-order valence-electron chi connectivity index (χ1n) is 9.79. The minimum Gasteiger partial charge on any atom is -0.360 e. The number of thioether (sulfide) groups is 1. The van der Waals surface area contributed by atoms with Crippen LogP contribution in [-0.2, 0) is 0 Å². The topological polar surface area (TPSA) is 67.8 Å². The molecule has 0 unspecified atom stereocenters. The Hall–Kier alpha value is -2.86. The van der Waals surface area contributed by atoms with Crippen LogP contribution in [0.4, 0.5) is 0 Å². The third-order valence-corrected chi connectivity index (χ3v) is 6.38. The molecule has 0 saturated heterocycles. The van der Waals surface area contributed by atoms with Crippen LogP contribution in [0.5, 0.6) is 0 Å². The molecule has 4 aromatic rings. The number of hydrogen-bond acceptors (Lipinski definition) is 4. The molecule has 2 atom stereocenters. The zero-order valence-electron chi connectivity index (χ0n) is 16.7. The van der Waals surface area contributed by atoms with Gasteiger partial charge in [0, 0.05) is 28.7 Å². The number of hydrogen-bond donors (Lipinski definition) is 1. The van der Waals surface area contributed by atoms with Gasteiger partial charge in [-0.15, -0.1) is 0 Å². The fraction of sp³-hybridized carbons (Fsp3) is 0.261. The molecular formula is C23H23N3O2S. The Morgan fingerprint density at radius 1 is 1.10 bits per heavy atom. The van der Waals surface area contributed by atoms with Crippen LogP contribution in [0.2, 0.25) is 0 Å². The molecule has 5 nitrogen and oxygen atoms in total. The summed E-state index contributed by atoms with van der Waals surface area (Å²) >= 11 is 1.35. The molecule has 1 N–H and O–H groups in total. The first kappa shape index (κ1) is 19.5. The molecule has 148 valence electrons. The van der Waals surface area contributed by atoms with Gasteiger partial charge in [-0.25, -0.2) is 4.98 Å². The molecule has 0 spiro atoms. The number of aromatic amines is 1. The smallest absolute Gasteiger partial charge is 0.262 e. The quantitative estimate of drug-likeness (QED) is 0.272. The number of benzene rings is 2. The number of aromatic nitrogens is 3. The minimum absolute atomic E-state index is 0.00232. The average Bonchev–Trinajstić information content (AvgIpc) is 3.17. The third kappa shape index (κ3) is 3.49. The fourth-order valence-corrected chi connectivity index (χ4v) is 4.56. The second-order valence-corrected chi connectivity index (χ2v) is 8.52. The van der Waals surface area contributed by atoms with Crippen LogP contribution in [0, 0.1) is 0 Å². The zero-order chi connectivity index (χ0) is 20.5. The summed E-state index contributed by atoms with van der Waals surface area (Å²) in [6, 6.07) is 15.1. The number of carbonyl (C=O) groups excluding carboxylic acids is 1. The monoisotopic (exact) mass is 405 g/mol. The lowest BCUT2D eigenvalue weighted by molar-refractivity contribution is 0.0995. The van der Waals surface area contributed by atoms with Crippen LogP contribution >= 0.6 is 11.8 Å². The van der Waals surface area contributed by atoms with Crippen molar-refractivity contribution in [2.75, 3.05) is 0 Å². The van der Waals surface area contributed by atoms with Crippen molar-refractivity contribution in [1.29, 1.82) is 0 Å². The Morgan fingerprint density at radius 3 is 2.55 bits per heavy atom. The van der Waals surface area contributed by atoms with Crippen molar-refractivity contribution in [2.24, 2.45) is 0 Å². The zero-order valence-corrected chi connectivity index (χ0v) is 17.5. The van der Waals surface area contributed by atoms with Crippen molar-refractivity contribution in [1.82, 2.24) is 14.5 Å². The van der Waals surface area contributed by atoms with Crippen LogP contribution < -0.4 is 5.56 Å². The van der Waals surface area contributed by atoms with E-state index in [-0.39, 0.29) is 22.6 Å². The molecule has 0 saturated carbocycles. The van der Waals surface area contributed by atoms with Gasteiger partial charge in [0.05, 0.1) is 16.2 Å². The maximum atomic E-state index is 13.2. The molecule has 2 heterocycles. The van der Waals surface area contributed by atoms with Crippen molar-refractivity contribution in [3.05, 3.63) is 70.6 Å². The van der Waals surface area contributed by atoms with E-state index in [9.17, 15) is 9.59 Å². The van der Waals surface area contributed by atoms with Gasteiger partial charge in [-0.1, -0.05) is 49.0 Å². The van der Waals surface area contributed by atoms with E-state index in [0.29, 0.717) is 21.6 Å². The molecule has 0 fully saturated rings. The van der Waals surface area contributed by atoms with Gasteiger partial charge in [-0.3, -0.25) is 14.2 Å². The summed E-state index contributed by atoms with van der Waals surface area (Å²) in [4.78, 5) is 34.2. The highest BCUT2D eigenvalue weighted by Crippen LogP contribution is 2.29. The normalized spacial score (nSPS) is 13.6. The van der Waals surface area contributed by atoms with Gasteiger partial charge >= 0.3 is 0 Å². The van der Waals surface area contributed by atoms with E-state index in [4.69, 9.17) is 4.98 Å². The van der Waals surface area contributed by atoms with Gasteiger partial charge in [0.1, 0.15) is 0 Å². The Bertz CT molecular complexity index is 1260. The molecule has 0 aliphatic heterocycles. The molecule has 6 heteroatoms. The van der Waals surface area contributed by atoms with E-state index < -0.39 is 0 Å². The molecule has 0 aliphatic carbocycles. The van der Waals surface area contributed by atoms with Crippen molar-refractivity contribution in [3.63, 3.8) is 0 Å². The van der Waals surface area contributed by atoms with Gasteiger partial charge in [-0.2, -0.15) is 0 Å². The predicted octanol–water partition coefficient (Wildman–Crippen LogP) is 5.21. The number of rotatable bonds is 6. The first-order valence-corrected chi connectivity index (χ1v) is 10.7. The van der Waals surface area contributed by atoms with E-state index >= 15 is 0 Å². The van der Waals surface area contributed by atoms with E-state index in [1.165, 1.54) is 11.8 Å². The number of Topliss-reactive ketones (excluding diaryl/α,β-unsaturated/α-hetero) is 1. The summed E-state index contributed by atoms with van der Waals surface area (Å²) < 4.78 is 1.73. The van der Waals surface area contributed by atoms with Gasteiger partial charge < -0.3 is 4.98 Å². The second-order valence-electron chi connectivity index (χ2n) is 7.22. The Kier molecular flexibility index (Phi) is 5.28. The number of nitrogens with one attached hydrogen (secondary N) is 1. The number of carbonyl (C=O) groups is 1. The van der Waals surface area contributed by atoms with E-state index in [1.807, 2.05) is 63.2 Å². The summed E-state index contributed by atoms with van der Waals surface area (Å²) in [7, 11) is 0. The van der Waals surface area contributed by atoms with Gasteiger partial charge in [-0.05, 0) is 38.5 Å². The Balaban J connectivity index is 1.74. The van der Waals surface area contributed by atoms with E-state index in [1.54, 1.807) is 16.8 Å². The fourth-order valence-electron chi connectivity index (χ4n) is 3.49. The van der Waals surface area contributed by atoms with Crippen molar-refractivity contribution >= 4 is 39.4 Å². The lowest BCUT2D eigenvalue weighted by Crippen LogP contribution is -2.27. The summed E-state index contributed by atoms with van der Waals surface area (Å²) in [5, 5.41) is 1.73. The first-order chi connectivity index (χ1) is 14.0. The summed E-state index contributed by atoms with van der Waals surface area (Å²) in [5.74, 6) is 0.0190. The Morgan fingerprint density at radius 2 is 1.79 bits per heavy atom. The maximum Gasteiger partial charge on any atom is 0.262 e. The highest BCUT2D eigenvalue weighted by atomic mass is 32.2.